The maximum Gasteiger partial charge on any atom is 0.245 e. The molecule has 1 aliphatic heterocycles. The van der Waals surface area contributed by atoms with Crippen molar-refractivity contribution >= 4 is 11.8 Å². The van der Waals surface area contributed by atoms with E-state index in [9.17, 15) is 9.59 Å². The fourth-order valence-electron chi connectivity index (χ4n) is 1.75. The van der Waals surface area contributed by atoms with Gasteiger partial charge in [-0.15, -0.1) is 0 Å². The van der Waals surface area contributed by atoms with Crippen LogP contribution in [0.4, 0.5) is 0 Å². The zero-order valence-corrected chi connectivity index (χ0v) is 10.8. The Balaban J connectivity index is 2.75. The summed E-state index contributed by atoms with van der Waals surface area (Å²) in [5.74, 6) is 0.896. The lowest BCUT2D eigenvalue weighted by atomic mass is 9.96. The van der Waals surface area contributed by atoms with Gasteiger partial charge >= 0.3 is 0 Å². The second kappa shape index (κ2) is 4.85. The molecule has 4 nitrogen and oxygen atoms in total. The molecule has 0 bridgehead atoms. The summed E-state index contributed by atoms with van der Waals surface area (Å²) in [6.07, 6.45) is 0. The maximum atomic E-state index is 12.0. The third-order valence-electron chi connectivity index (χ3n) is 3.48. The van der Waals surface area contributed by atoms with Crippen LogP contribution < -0.4 is 5.32 Å². The summed E-state index contributed by atoms with van der Waals surface area (Å²) in [5, 5.41) is 2.68. The first-order valence-corrected chi connectivity index (χ1v) is 5.95. The van der Waals surface area contributed by atoms with Gasteiger partial charge in [-0.05, 0) is 25.7 Å². The van der Waals surface area contributed by atoms with Crippen molar-refractivity contribution in [1.29, 1.82) is 0 Å². The van der Waals surface area contributed by atoms with E-state index in [0.29, 0.717) is 18.4 Å². The number of rotatable bonds is 3. The highest BCUT2D eigenvalue weighted by molar-refractivity contribution is 5.96. The minimum absolute atomic E-state index is 0.0274. The average Bonchev–Trinajstić information content (AvgIpc) is 2.21. The fourth-order valence-corrected chi connectivity index (χ4v) is 1.75. The molecule has 0 saturated carbocycles. The molecule has 0 aromatic rings. The third-order valence-corrected chi connectivity index (χ3v) is 3.48. The topological polar surface area (TPSA) is 49.4 Å². The summed E-state index contributed by atoms with van der Waals surface area (Å²) in [7, 11) is 0. The summed E-state index contributed by atoms with van der Waals surface area (Å²) < 4.78 is 0. The molecule has 1 saturated heterocycles. The maximum absolute atomic E-state index is 12.0. The van der Waals surface area contributed by atoms with Gasteiger partial charge in [-0.2, -0.15) is 0 Å². The van der Waals surface area contributed by atoms with Gasteiger partial charge < -0.3 is 10.2 Å². The molecule has 3 unspecified atom stereocenters. The summed E-state index contributed by atoms with van der Waals surface area (Å²) in [5.41, 5.74) is 0. The fraction of sp³-hybridized carbons (Fsp3) is 0.833. The van der Waals surface area contributed by atoms with Crippen LogP contribution in [-0.2, 0) is 9.59 Å². The summed E-state index contributed by atoms with van der Waals surface area (Å²) in [6, 6.07) is -0.729. The van der Waals surface area contributed by atoms with Crippen molar-refractivity contribution in [2.45, 2.75) is 46.7 Å². The molecular formula is C12H22N2O2. The largest absolute Gasteiger partial charge is 0.343 e. The molecule has 1 aliphatic rings. The van der Waals surface area contributed by atoms with Gasteiger partial charge in [-0.3, -0.25) is 9.59 Å². The van der Waals surface area contributed by atoms with Gasteiger partial charge in [0.15, 0.2) is 0 Å². The van der Waals surface area contributed by atoms with Crippen molar-refractivity contribution in [3.8, 4) is 0 Å². The molecule has 16 heavy (non-hydrogen) atoms. The highest BCUT2D eigenvalue weighted by atomic mass is 16.2. The Morgan fingerprint density at radius 3 is 2.31 bits per heavy atom. The lowest BCUT2D eigenvalue weighted by Gasteiger charge is -2.38. The number of nitrogens with zero attached hydrogens (tertiary/aromatic N) is 1. The van der Waals surface area contributed by atoms with Crippen molar-refractivity contribution in [2.75, 3.05) is 6.54 Å². The smallest absolute Gasteiger partial charge is 0.245 e. The van der Waals surface area contributed by atoms with Crippen molar-refractivity contribution < 1.29 is 9.59 Å². The van der Waals surface area contributed by atoms with Gasteiger partial charge in [0.25, 0.3) is 0 Å². The highest BCUT2D eigenvalue weighted by Crippen LogP contribution is 2.16. The van der Waals surface area contributed by atoms with E-state index in [1.54, 1.807) is 18.7 Å². The molecule has 3 atom stereocenters. The van der Waals surface area contributed by atoms with Crippen LogP contribution in [0.1, 0.15) is 34.6 Å². The molecule has 0 radical (unpaired) electrons. The Morgan fingerprint density at radius 1 is 1.25 bits per heavy atom. The van der Waals surface area contributed by atoms with Crippen molar-refractivity contribution in [1.82, 2.24) is 10.2 Å². The average molecular weight is 226 g/mol. The Bertz CT molecular complexity index is 289. The standard InChI is InChI=1S/C12H22N2O2/c1-7(2)8(3)6-14-10(5)11(15)13-9(4)12(14)16/h7-10H,6H2,1-5H3,(H,13,15). The van der Waals surface area contributed by atoms with E-state index in [-0.39, 0.29) is 23.9 Å². The second-order valence-electron chi connectivity index (χ2n) is 5.12. The van der Waals surface area contributed by atoms with E-state index in [0.717, 1.165) is 0 Å². The molecule has 4 heteroatoms. The lowest BCUT2D eigenvalue weighted by molar-refractivity contribution is -0.148. The molecule has 0 aromatic carbocycles. The van der Waals surface area contributed by atoms with Gasteiger partial charge in [0.1, 0.15) is 12.1 Å². The van der Waals surface area contributed by atoms with Crippen LogP contribution in [0.3, 0.4) is 0 Å². The quantitative estimate of drug-likeness (QED) is 0.781. The zero-order chi connectivity index (χ0) is 12.5. The predicted octanol–water partition coefficient (Wildman–Crippen LogP) is 1.01. The molecule has 0 spiro atoms. The van der Waals surface area contributed by atoms with Crippen molar-refractivity contribution in [3.63, 3.8) is 0 Å². The molecule has 1 heterocycles. The van der Waals surface area contributed by atoms with Crippen LogP contribution in [0, 0.1) is 11.8 Å². The molecule has 1 fully saturated rings. The molecule has 1 rings (SSSR count). The van der Waals surface area contributed by atoms with Gasteiger partial charge in [0, 0.05) is 6.54 Å². The monoisotopic (exact) mass is 226 g/mol. The Morgan fingerprint density at radius 2 is 1.81 bits per heavy atom. The molecule has 0 aromatic heterocycles. The summed E-state index contributed by atoms with van der Waals surface area (Å²) in [6.45, 7) is 10.6. The number of carbonyl (C=O) groups excluding carboxylic acids is 2. The van der Waals surface area contributed by atoms with E-state index < -0.39 is 0 Å². The molecule has 1 N–H and O–H groups in total. The van der Waals surface area contributed by atoms with Gasteiger partial charge in [-0.1, -0.05) is 20.8 Å². The molecular weight excluding hydrogens is 204 g/mol. The van der Waals surface area contributed by atoms with Crippen molar-refractivity contribution in [3.05, 3.63) is 0 Å². The summed E-state index contributed by atoms with van der Waals surface area (Å²) >= 11 is 0. The van der Waals surface area contributed by atoms with Crippen LogP contribution in [0.25, 0.3) is 0 Å². The van der Waals surface area contributed by atoms with Gasteiger partial charge in [0.2, 0.25) is 11.8 Å². The lowest BCUT2D eigenvalue weighted by Crippen LogP contribution is -2.62. The first-order chi connectivity index (χ1) is 7.34. The van der Waals surface area contributed by atoms with E-state index >= 15 is 0 Å². The number of piperazine rings is 1. The number of hydrogen-bond donors (Lipinski definition) is 1. The van der Waals surface area contributed by atoms with Crippen molar-refractivity contribution in [2.24, 2.45) is 11.8 Å². The first kappa shape index (κ1) is 13.0. The van der Waals surface area contributed by atoms with E-state index in [2.05, 4.69) is 26.1 Å². The minimum Gasteiger partial charge on any atom is -0.343 e. The first-order valence-electron chi connectivity index (χ1n) is 5.95. The minimum atomic E-state index is -0.386. The van der Waals surface area contributed by atoms with E-state index in [4.69, 9.17) is 0 Å². The van der Waals surface area contributed by atoms with Gasteiger partial charge in [-0.25, -0.2) is 0 Å². The van der Waals surface area contributed by atoms with E-state index in [1.807, 2.05) is 0 Å². The SMILES string of the molecule is CC1NC(=O)C(C)N(CC(C)C(C)C)C1=O. The zero-order valence-electron chi connectivity index (χ0n) is 10.8. The van der Waals surface area contributed by atoms with Gasteiger partial charge in [0.05, 0.1) is 0 Å². The number of carbonyl (C=O) groups is 2. The Kier molecular flexibility index (Phi) is 3.94. The Labute approximate surface area is 97.4 Å². The van der Waals surface area contributed by atoms with E-state index in [1.165, 1.54) is 0 Å². The third kappa shape index (κ3) is 2.54. The number of nitrogens with one attached hydrogen (secondary N) is 1. The molecule has 92 valence electrons. The predicted molar refractivity (Wildman–Crippen MR) is 62.8 cm³/mol. The molecule has 2 amide bonds. The second-order valence-corrected chi connectivity index (χ2v) is 5.12. The van der Waals surface area contributed by atoms with Crippen LogP contribution in [0.5, 0.6) is 0 Å². The molecule has 0 aliphatic carbocycles. The van der Waals surface area contributed by atoms with Crippen LogP contribution in [0.2, 0.25) is 0 Å². The van der Waals surface area contributed by atoms with Crippen LogP contribution >= 0.6 is 0 Å². The van der Waals surface area contributed by atoms with Crippen LogP contribution in [-0.4, -0.2) is 35.3 Å². The summed E-state index contributed by atoms with van der Waals surface area (Å²) in [4.78, 5) is 25.3. The highest BCUT2D eigenvalue weighted by Gasteiger charge is 2.36. The number of hydrogen-bond acceptors (Lipinski definition) is 2. The normalized spacial score (nSPS) is 28.2. The Hall–Kier alpha value is -1.06. The van der Waals surface area contributed by atoms with Crippen LogP contribution in [0.15, 0.2) is 0 Å². The number of amides is 2.